The Balaban J connectivity index is 2.09. The predicted molar refractivity (Wildman–Crippen MR) is 90.7 cm³/mol. The second-order valence-corrected chi connectivity index (χ2v) is 5.46. The van der Waals surface area contributed by atoms with Crippen LogP contribution in [0.3, 0.4) is 0 Å². The van der Waals surface area contributed by atoms with E-state index >= 15 is 0 Å². The van der Waals surface area contributed by atoms with Gasteiger partial charge in [0.25, 0.3) is 0 Å². The van der Waals surface area contributed by atoms with Crippen LogP contribution in [0.25, 0.3) is 22.4 Å². The summed E-state index contributed by atoms with van der Waals surface area (Å²) in [6.45, 7) is 0.377. The van der Waals surface area contributed by atoms with Gasteiger partial charge in [0.15, 0.2) is 0 Å². The number of para-hydroxylation sites is 1. The van der Waals surface area contributed by atoms with Crippen molar-refractivity contribution in [2.75, 3.05) is 7.11 Å². The summed E-state index contributed by atoms with van der Waals surface area (Å²) in [5.41, 5.74) is 4.86. The first-order valence-electron chi connectivity index (χ1n) is 7.62. The van der Waals surface area contributed by atoms with Gasteiger partial charge in [0, 0.05) is 16.7 Å². The Hall–Kier alpha value is -3.32. The number of methoxy groups -OCH3 is 1. The van der Waals surface area contributed by atoms with E-state index in [1.54, 1.807) is 0 Å². The van der Waals surface area contributed by atoms with Gasteiger partial charge in [0.2, 0.25) is 5.88 Å². The number of nitriles is 1. The number of rotatable bonds is 2. The van der Waals surface area contributed by atoms with E-state index in [1.165, 1.54) is 7.11 Å². The molecule has 0 spiro atoms. The Morgan fingerprint density at radius 2 is 1.83 bits per heavy atom. The second kappa shape index (κ2) is 5.71. The van der Waals surface area contributed by atoms with Gasteiger partial charge in [-0.05, 0) is 17.7 Å². The molecule has 0 bridgehead atoms. The van der Waals surface area contributed by atoms with Crippen molar-refractivity contribution in [1.29, 1.82) is 5.26 Å². The summed E-state index contributed by atoms with van der Waals surface area (Å²) in [5.74, 6) is 1.13. The molecule has 0 atom stereocenters. The van der Waals surface area contributed by atoms with Gasteiger partial charge in [-0.3, -0.25) is 0 Å². The first-order chi connectivity index (χ1) is 11.8. The zero-order valence-corrected chi connectivity index (χ0v) is 13.1. The van der Waals surface area contributed by atoms with Gasteiger partial charge in [0.1, 0.15) is 24.0 Å². The lowest BCUT2D eigenvalue weighted by Crippen LogP contribution is -2.11. The monoisotopic (exact) mass is 314 g/mol. The molecule has 0 amide bonds. The largest absolute Gasteiger partial charge is 0.488 e. The molecule has 0 saturated heterocycles. The molecule has 4 heteroatoms. The number of nitrogens with zero attached hydrogens (tertiary/aromatic N) is 2. The first kappa shape index (κ1) is 14.3. The minimum absolute atomic E-state index is 0.340. The maximum atomic E-state index is 9.68. The molecular formula is C20H14N2O2. The average Bonchev–Trinajstić information content (AvgIpc) is 2.66. The SMILES string of the molecule is COc1nc2c(c(-c3ccccc3)c1C#N)COc1ccccc1-2. The molecule has 0 fully saturated rings. The van der Waals surface area contributed by atoms with Crippen LogP contribution < -0.4 is 9.47 Å². The van der Waals surface area contributed by atoms with Crippen molar-refractivity contribution in [3.8, 4) is 40.1 Å². The van der Waals surface area contributed by atoms with Crippen LogP contribution in [0.4, 0.5) is 0 Å². The molecule has 24 heavy (non-hydrogen) atoms. The number of benzene rings is 2. The lowest BCUT2D eigenvalue weighted by Gasteiger charge is -2.24. The summed E-state index contributed by atoms with van der Waals surface area (Å²) in [7, 11) is 1.54. The van der Waals surface area contributed by atoms with E-state index < -0.39 is 0 Å². The van der Waals surface area contributed by atoms with E-state index in [0.717, 1.165) is 33.7 Å². The molecule has 2 heterocycles. The van der Waals surface area contributed by atoms with Crippen molar-refractivity contribution in [2.45, 2.75) is 6.61 Å². The molecular weight excluding hydrogens is 300 g/mol. The van der Waals surface area contributed by atoms with Crippen LogP contribution in [0, 0.1) is 11.3 Å². The van der Waals surface area contributed by atoms with Crippen LogP contribution in [0.2, 0.25) is 0 Å². The Morgan fingerprint density at radius 3 is 2.58 bits per heavy atom. The third-order valence-corrected chi connectivity index (χ3v) is 4.15. The summed E-state index contributed by atoms with van der Waals surface area (Å²) in [6, 6.07) is 19.8. The second-order valence-electron chi connectivity index (χ2n) is 5.46. The van der Waals surface area contributed by atoms with Crippen LogP contribution in [0.15, 0.2) is 54.6 Å². The summed E-state index contributed by atoms with van der Waals surface area (Å²) in [5, 5.41) is 9.68. The summed E-state index contributed by atoms with van der Waals surface area (Å²) in [4.78, 5) is 4.61. The fraction of sp³-hybridized carbons (Fsp3) is 0.100. The van der Waals surface area contributed by atoms with E-state index in [0.29, 0.717) is 18.1 Å². The maximum Gasteiger partial charge on any atom is 0.232 e. The minimum atomic E-state index is 0.340. The molecule has 0 radical (unpaired) electrons. The molecule has 0 unspecified atom stereocenters. The van der Waals surface area contributed by atoms with Crippen molar-refractivity contribution in [1.82, 2.24) is 4.98 Å². The average molecular weight is 314 g/mol. The highest BCUT2D eigenvalue weighted by Gasteiger charge is 2.27. The number of hydrogen-bond donors (Lipinski definition) is 0. The van der Waals surface area contributed by atoms with Crippen molar-refractivity contribution in [3.05, 3.63) is 65.7 Å². The fourth-order valence-corrected chi connectivity index (χ4v) is 3.08. The van der Waals surface area contributed by atoms with Crippen LogP contribution in [0.1, 0.15) is 11.1 Å². The van der Waals surface area contributed by atoms with Crippen molar-refractivity contribution in [2.24, 2.45) is 0 Å². The van der Waals surface area contributed by atoms with Gasteiger partial charge in [0.05, 0.1) is 12.8 Å². The van der Waals surface area contributed by atoms with Crippen LogP contribution in [0.5, 0.6) is 11.6 Å². The highest BCUT2D eigenvalue weighted by Crippen LogP contribution is 2.43. The smallest absolute Gasteiger partial charge is 0.232 e. The molecule has 3 aromatic rings. The standard InChI is InChI=1S/C20H14N2O2/c1-23-20-15(11-21)18(13-7-3-2-4-8-13)16-12-24-17-10-6-5-9-14(17)19(16)22-20/h2-10H,12H2,1H3. The summed E-state index contributed by atoms with van der Waals surface area (Å²) >= 11 is 0. The highest BCUT2D eigenvalue weighted by molar-refractivity contribution is 5.84. The minimum Gasteiger partial charge on any atom is -0.488 e. The Kier molecular flexibility index (Phi) is 3.40. The van der Waals surface area contributed by atoms with Crippen molar-refractivity contribution in [3.63, 3.8) is 0 Å². The van der Waals surface area contributed by atoms with E-state index in [2.05, 4.69) is 11.1 Å². The quantitative estimate of drug-likeness (QED) is 0.712. The molecule has 1 aromatic heterocycles. The van der Waals surface area contributed by atoms with Gasteiger partial charge in [-0.2, -0.15) is 5.26 Å². The lowest BCUT2D eigenvalue weighted by molar-refractivity contribution is 0.301. The summed E-state index contributed by atoms with van der Waals surface area (Å²) < 4.78 is 11.3. The number of fused-ring (bicyclic) bond motifs is 3. The molecule has 116 valence electrons. The zero-order valence-electron chi connectivity index (χ0n) is 13.1. The van der Waals surface area contributed by atoms with E-state index in [4.69, 9.17) is 9.47 Å². The third-order valence-electron chi connectivity index (χ3n) is 4.15. The van der Waals surface area contributed by atoms with Crippen LogP contribution >= 0.6 is 0 Å². The molecule has 1 aliphatic rings. The molecule has 0 aliphatic carbocycles. The Bertz CT molecular complexity index is 959. The van der Waals surface area contributed by atoms with Gasteiger partial charge in [-0.25, -0.2) is 4.98 Å². The van der Waals surface area contributed by atoms with E-state index in [-0.39, 0.29) is 0 Å². The highest BCUT2D eigenvalue weighted by atomic mass is 16.5. The molecule has 2 aromatic carbocycles. The summed E-state index contributed by atoms with van der Waals surface area (Å²) in [6.07, 6.45) is 0. The number of ether oxygens (including phenoxy) is 2. The zero-order chi connectivity index (χ0) is 16.5. The molecule has 4 nitrogen and oxygen atoms in total. The van der Waals surface area contributed by atoms with Gasteiger partial charge < -0.3 is 9.47 Å². The first-order valence-corrected chi connectivity index (χ1v) is 7.62. The number of hydrogen-bond acceptors (Lipinski definition) is 4. The van der Waals surface area contributed by atoms with Crippen molar-refractivity contribution < 1.29 is 9.47 Å². The van der Waals surface area contributed by atoms with E-state index in [1.807, 2.05) is 54.6 Å². The predicted octanol–water partition coefficient (Wildman–Crippen LogP) is 4.19. The fourth-order valence-electron chi connectivity index (χ4n) is 3.08. The van der Waals surface area contributed by atoms with Crippen LogP contribution in [-0.2, 0) is 6.61 Å². The van der Waals surface area contributed by atoms with Crippen LogP contribution in [-0.4, -0.2) is 12.1 Å². The van der Waals surface area contributed by atoms with Gasteiger partial charge in [-0.15, -0.1) is 0 Å². The molecule has 0 saturated carbocycles. The Morgan fingerprint density at radius 1 is 1.08 bits per heavy atom. The molecule has 4 rings (SSSR count). The van der Waals surface area contributed by atoms with Gasteiger partial charge >= 0.3 is 0 Å². The third kappa shape index (κ3) is 2.10. The van der Waals surface area contributed by atoms with Crippen molar-refractivity contribution >= 4 is 0 Å². The number of pyridine rings is 1. The Labute approximate surface area is 139 Å². The number of aromatic nitrogens is 1. The lowest BCUT2D eigenvalue weighted by atomic mass is 9.91. The van der Waals surface area contributed by atoms with E-state index in [9.17, 15) is 5.26 Å². The maximum absolute atomic E-state index is 9.68. The molecule has 1 aliphatic heterocycles. The molecule has 0 N–H and O–H groups in total. The van der Waals surface area contributed by atoms with Gasteiger partial charge in [-0.1, -0.05) is 42.5 Å². The topological polar surface area (TPSA) is 55.1 Å². The normalized spacial score (nSPS) is 11.7.